The molecule has 2 nitrogen and oxygen atoms in total. The van der Waals surface area contributed by atoms with Gasteiger partial charge >= 0.3 is 0 Å². The maximum absolute atomic E-state index is 5.29. The lowest BCUT2D eigenvalue weighted by Gasteiger charge is -1.89. The third-order valence-electron chi connectivity index (χ3n) is 0.762. The smallest absolute Gasteiger partial charge is 0.136 e. The molecule has 0 aliphatic carbocycles. The molecule has 0 aromatic rings. The van der Waals surface area contributed by atoms with Gasteiger partial charge in [0.2, 0.25) is 0 Å². The highest BCUT2D eigenvalue weighted by Crippen LogP contribution is 2.09. The monoisotopic (exact) mass is 164 g/mol. The standard InChI is InChI=1S/C7H9BN2S/c1-4-7(9-3)5-11-10-6(2)8/h4-5H,1,3H2,2H3/b7-5-,10-6?. The van der Waals surface area contributed by atoms with Crippen LogP contribution in [-0.4, -0.2) is 20.2 Å². The summed E-state index contributed by atoms with van der Waals surface area (Å²) in [5.41, 5.74) is 1.22. The van der Waals surface area contributed by atoms with Crippen molar-refractivity contribution in [2.45, 2.75) is 6.92 Å². The summed E-state index contributed by atoms with van der Waals surface area (Å²) >= 11 is 1.21. The van der Waals surface area contributed by atoms with Gasteiger partial charge in [-0.15, -0.1) is 0 Å². The molecule has 0 atom stereocenters. The Hall–Kier alpha value is -0.765. The van der Waals surface area contributed by atoms with E-state index in [1.807, 2.05) is 0 Å². The summed E-state index contributed by atoms with van der Waals surface area (Å²) in [5, 5.41) is 1.72. The zero-order valence-electron chi connectivity index (χ0n) is 6.45. The number of hydrogen-bond donors (Lipinski definition) is 0. The fourth-order valence-corrected chi connectivity index (χ4v) is 0.811. The quantitative estimate of drug-likeness (QED) is 0.269. The number of aliphatic imine (C=N–C) groups is 1. The van der Waals surface area contributed by atoms with Gasteiger partial charge in [-0.1, -0.05) is 6.58 Å². The van der Waals surface area contributed by atoms with Crippen LogP contribution in [-0.2, 0) is 0 Å². The van der Waals surface area contributed by atoms with Gasteiger partial charge in [0.25, 0.3) is 0 Å². The van der Waals surface area contributed by atoms with Gasteiger partial charge in [0.05, 0.1) is 5.70 Å². The van der Waals surface area contributed by atoms with E-state index in [4.69, 9.17) is 7.85 Å². The summed E-state index contributed by atoms with van der Waals surface area (Å²) in [4.78, 5) is 3.67. The Morgan fingerprint density at radius 3 is 2.64 bits per heavy atom. The van der Waals surface area contributed by atoms with Crippen molar-refractivity contribution in [1.29, 1.82) is 0 Å². The molecular formula is C7H9BN2S. The Balaban J connectivity index is 3.99. The second kappa shape index (κ2) is 5.98. The number of allylic oxidation sites excluding steroid dienone is 1. The van der Waals surface area contributed by atoms with E-state index in [1.54, 1.807) is 18.4 Å². The van der Waals surface area contributed by atoms with E-state index in [2.05, 4.69) is 22.7 Å². The summed E-state index contributed by atoms with van der Waals surface area (Å²) in [6.45, 7) is 8.60. The van der Waals surface area contributed by atoms with E-state index < -0.39 is 0 Å². The summed E-state index contributed by atoms with van der Waals surface area (Å²) in [6.07, 6.45) is 1.60. The van der Waals surface area contributed by atoms with Crippen molar-refractivity contribution < 1.29 is 0 Å². The van der Waals surface area contributed by atoms with Crippen LogP contribution in [0.25, 0.3) is 0 Å². The zero-order chi connectivity index (χ0) is 8.69. The number of rotatable bonds is 4. The molecule has 0 spiro atoms. The maximum Gasteiger partial charge on any atom is 0.136 e. The number of hydrogen-bond acceptors (Lipinski definition) is 3. The van der Waals surface area contributed by atoms with Crippen molar-refractivity contribution in [2.75, 3.05) is 0 Å². The molecule has 0 aromatic carbocycles. The van der Waals surface area contributed by atoms with Crippen LogP contribution in [0.5, 0.6) is 0 Å². The van der Waals surface area contributed by atoms with Crippen molar-refractivity contribution in [3.05, 3.63) is 23.8 Å². The van der Waals surface area contributed by atoms with Crippen LogP contribution in [0.2, 0.25) is 0 Å². The fourth-order valence-electron chi connectivity index (χ4n) is 0.313. The predicted octanol–water partition coefficient (Wildman–Crippen LogP) is 1.95. The molecule has 4 heteroatoms. The summed E-state index contributed by atoms with van der Waals surface area (Å²) in [6, 6.07) is 0. The Bertz CT molecular complexity index is 194. The Morgan fingerprint density at radius 2 is 2.27 bits per heavy atom. The first-order valence-corrected chi connectivity index (χ1v) is 3.79. The van der Waals surface area contributed by atoms with Gasteiger partial charge in [-0.3, -0.25) is 4.99 Å². The second-order valence-electron chi connectivity index (χ2n) is 1.74. The fraction of sp³-hybridized carbons (Fsp3) is 0.143. The molecule has 0 aromatic heterocycles. The van der Waals surface area contributed by atoms with Gasteiger partial charge in [-0.2, -0.15) is 0 Å². The third kappa shape index (κ3) is 5.67. The zero-order valence-corrected chi connectivity index (χ0v) is 7.27. The summed E-state index contributed by atoms with van der Waals surface area (Å²) in [7, 11) is 5.29. The van der Waals surface area contributed by atoms with Crippen molar-refractivity contribution in [1.82, 2.24) is 0 Å². The Morgan fingerprint density at radius 1 is 1.64 bits per heavy atom. The average molecular weight is 164 g/mol. The van der Waals surface area contributed by atoms with Gasteiger partial charge < -0.3 is 0 Å². The highest BCUT2D eigenvalue weighted by molar-refractivity contribution is 8.01. The van der Waals surface area contributed by atoms with Gasteiger partial charge in [-0.25, -0.2) is 4.40 Å². The van der Waals surface area contributed by atoms with Crippen molar-refractivity contribution in [3.8, 4) is 0 Å². The topological polar surface area (TPSA) is 24.7 Å². The predicted molar refractivity (Wildman–Crippen MR) is 54.3 cm³/mol. The van der Waals surface area contributed by atoms with E-state index in [0.29, 0.717) is 11.3 Å². The Kier molecular flexibility index (Phi) is 5.56. The van der Waals surface area contributed by atoms with Gasteiger partial charge in [0.1, 0.15) is 7.85 Å². The molecule has 0 rings (SSSR count). The maximum atomic E-state index is 5.29. The van der Waals surface area contributed by atoms with E-state index in [1.165, 1.54) is 11.9 Å². The molecule has 0 heterocycles. The lowest BCUT2D eigenvalue weighted by Crippen LogP contribution is -1.83. The molecule has 0 saturated carbocycles. The second-order valence-corrected chi connectivity index (χ2v) is 2.37. The van der Waals surface area contributed by atoms with Crippen LogP contribution in [0.4, 0.5) is 0 Å². The van der Waals surface area contributed by atoms with Gasteiger partial charge in [0, 0.05) is 17.4 Å². The lowest BCUT2D eigenvalue weighted by molar-refractivity contribution is 1.47. The largest absolute Gasteiger partial charge is 0.264 e. The number of nitrogens with zero attached hydrogens (tertiary/aromatic N) is 2. The van der Waals surface area contributed by atoms with E-state index >= 15 is 0 Å². The van der Waals surface area contributed by atoms with Gasteiger partial charge in [-0.05, 0) is 25.3 Å². The van der Waals surface area contributed by atoms with Crippen LogP contribution in [0, 0.1) is 0 Å². The van der Waals surface area contributed by atoms with Crippen LogP contribution < -0.4 is 0 Å². The van der Waals surface area contributed by atoms with Crippen LogP contribution in [0.3, 0.4) is 0 Å². The van der Waals surface area contributed by atoms with E-state index in [0.717, 1.165) is 0 Å². The molecule has 0 N–H and O–H groups in total. The molecule has 0 aliphatic rings. The molecule has 56 valence electrons. The van der Waals surface area contributed by atoms with Crippen LogP contribution in [0.1, 0.15) is 6.92 Å². The minimum atomic E-state index is 0.527. The third-order valence-corrected chi connectivity index (χ3v) is 1.50. The highest BCUT2D eigenvalue weighted by Gasteiger charge is 1.83. The summed E-state index contributed by atoms with van der Waals surface area (Å²) < 4.78 is 3.86. The van der Waals surface area contributed by atoms with Crippen molar-refractivity contribution in [2.24, 2.45) is 9.39 Å². The molecule has 2 radical (unpaired) electrons. The van der Waals surface area contributed by atoms with Crippen molar-refractivity contribution in [3.63, 3.8) is 0 Å². The minimum absolute atomic E-state index is 0.527. The molecule has 0 amide bonds. The molecule has 0 saturated heterocycles. The Labute approximate surface area is 72.8 Å². The summed E-state index contributed by atoms with van der Waals surface area (Å²) in [5.74, 6) is 0. The molecule has 0 fully saturated rings. The SMILES string of the molecule is [B]C(C)=NS/C=C(/C=C)N=C. The van der Waals surface area contributed by atoms with Crippen molar-refractivity contribution >= 4 is 32.1 Å². The average Bonchev–Trinajstić information content (AvgIpc) is 1.98. The first-order valence-electron chi connectivity index (χ1n) is 2.96. The minimum Gasteiger partial charge on any atom is -0.264 e. The highest BCUT2D eigenvalue weighted by atomic mass is 32.2. The van der Waals surface area contributed by atoms with E-state index in [9.17, 15) is 0 Å². The van der Waals surface area contributed by atoms with Crippen LogP contribution in [0.15, 0.2) is 33.2 Å². The first kappa shape index (κ1) is 10.2. The normalized spacial score (nSPS) is 12.8. The van der Waals surface area contributed by atoms with Crippen LogP contribution >= 0.6 is 11.9 Å². The van der Waals surface area contributed by atoms with E-state index in [-0.39, 0.29) is 0 Å². The molecule has 11 heavy (non-hydrogen) atoms. The molecule has 0 aliphatic heterocycles. The molecule has 0 unspecified atom stereocenters. The molecular weight excluding hydrogens is 155 g/mol. The first-order chi connectivity index (χ1) is 5.20. The molecule has 0 bridgehead atoms. The lowest BCUT2D eigenvalue weighted by atomic mass is 10.1. The van der Waals surface area contributed by atoms with Gasteiger partial charge in [0.15, 0.2) is 0 Å².